The van der Waals surface area contributed by atoms with Crippen LogP contribution in [0.1, 0.15) is 37.3 Å². The minimum absolute atomic E-state index is 0.224. The first-order valence-electron chi connectivity index (χ1n) is 6.04. The largest absolute Gasteiger partial charge is 0.328 e. The summed E-state index contributed by atoms with van der Waals surface area (Å²) in [6.07, 6.45) is 3.84. The summed E-state index contributed by atoms with van der Waals surface area (Å²) in [6, 6.07) is 3.95. The van der Waals surface area contributed by atoms with Gasteiger partial charge in [-0.3, -0.25) is 0 Å². The molecule has 0 bridgehead atoms. The second-order valence-electron chi connectivity index (χ2n) is 4.87. The minimum Gasteiger partial charge on any atom is -0.328 e. The summed E-state index contributed by atoms with van der Waals surface area (Å²) in [5.74, 6) is -1.34. The molecular weight excluding hydrogens is 222 g/mol. The lowest BCUT2D eigenvalue weighted by Gasteiger charge is -2.30. The molecule has 1 aromatic rings. The van der Waals surface area contributed by atoms with E-state index in [-0.39, 0.29) is 12.1 Å². The third-order valence-electron chi connectivity index (χ3n) is 3.65. The Bertz CT molecular complexity index is 387. The van der Waals surface area contributed by atoms with Crippen molar-refractivity contribution >= 4 is 0 Å². The standard InChI is InChI=1S/C13H18F2N2/c14-11-6-3-9(7-12(11)15)13(17)8-1-4-10(16)5-2-8/h3,6-8,10,13H,1-2,4-5,16-17H2. The predicted molar refractivity (Wildman–Crippen MR) is 63.2 cm³/mol. The van der Waals surface area contributed by atoms with E-state index in [1.807, 2.05) is 0 Å². The van der Waals surface area contributed by atoms with Crippen LogP contribution in [0.25, 0.3) is 0 Å². The molecule has 0 aliphatic heterocycles. The van der Waals surface area contributed by atoms with E-state index in [9.17, 15) is 8.78 Å². The first-order valence-corrected chi connectivity index (χ1v) is 6.04. The van der Waals surface area contributed by atoms with Gasteiger partial charge in [0.2, 0.25) is 0 Å². The number of hydrogen-bond donors (Lipinski definition) is 2. The molecule has 4 heteroatoms. The maximum absolute atomic E-state index is 13.1. The molecule has 1 saturated carbocycles. The van der Waals surface area contributed by atoms with E-state index in [2.05, 4.69) is 0 Å². The van der Waals surface area contributed by atoms with Crippen molar-refractivity contribution in [1.82, 2.24) is 0 Å². The molecule has 1 aliphatic carbocycles. The van der Waals surface area contributed by atoms with Crippen molar-refractivity contribution < 1.29 is 8.78 Å². The van der Waals surface area contributed by atoms with Gasteiger partial charge < -0.3 is 11.5 Å². The number of rotatable bonds is 2. The van der Waals surface area contributed by atoms with E-state index in [0.29, 0.717) is 11.5 Å². The van der Waals surface area contributed by atoms with Crippen LogP contribution in [0.3, 0.4) is 0 Å². The Labute approximate surface area is 100.0 Å². The average molecular weight is 240 g/mol. The maximum Gasteiger partial charge on any atom is 0.159 e. The molecule has 94 valence electrons. The van der Waals surface area contributed by atoms with Crippen LogP contribution in [-0.2, 0) is 0 Å². The Morgan fingerprint density at radius 1 is 1.06 bits per heavy atom. The van der Waals surface area contributed by atoms with Crippen LogP contribution in [0, 0.1) is 17.6 Å². The van der Waals surface area contributed by atoms with Gasteiger partial charge in [-0.25, -0.2) is 8.78 Å². The Kier molecular flexibility index (Phi) is 3.74. The van der Waals surface area contributed by atoms with Crippen molar-refractivity contribution in [2.75, 3.05) is 0 Å². The first kappa shape index (κ1) is 12.5. The van der Waals surface area contributed by atoms with Gasteiger partial charge in [0.25, 0.3) is 0 Å². The molecule has 2 rings (SSSR count). The van der Waals surface area contributed by atoms with Crippen LogP contribution in [-0.4, -0.2) is 6.04 Å². The third kappa shape index (κ3) is 2.82. The Hall–Kier alpha value is -1.00. The molecule has 0 radical (unpaired) electrons. The summed E-state index contributed by atoms with van der Waals surface area (Å²) in [4.78, 5) is 0. The topological polar surface area (TPSA) is 52.0 Å². The number of benzene rings is 1. The fourth-order valence-corrected chi connectivity index (χ4v) is 2.50. The zero-order valence-electron chi connectivity index (χ0n) is 9.70. The molecule has 2 nitrogen and oxygen atoms in total. The van der Waals surface area contributed by atoms with Gasteiger partial charge in [0.1, 0.15) is 0 Å². The zero-order chi connectivity index (χ0) is 12.4. The molecule has 1 fully saturated rings. The van der Waals surface area contributed by atoms with Gasteiger partial charge in [0.05, 0.1) is 0 Å². The molecular formula is C13H18F2N2. The lowest BCUT2D eigenvalue weighted by Crippen LogP contribution is -2.31. The van der Waals surface area contributed by atoms with Crippen LogP contribution in [0.15, 0.2) is 18.2 Å². The second-order valence-corrected chi connectivity index (χ2v) is 4.87. The number of halogens is 2. The van der Waals surface area contributed by atoms with Crippen LogP contribution in [0.4, 0.5) is 8.78 Å². The van der Waals surface area contributed by atoms with E-state index >= 15 is 0 Å². The van der Waals surface area contributed by atoms with E-state index in [4.69, 9.17) is 11.5 Å². The van der Waals surface area contributed by atoms with Crippen molar-refractivity contribution in [3.8, 4) is 0 Å². The van der Waals surface area contributed by atoms with Gasteiger partial charge >= 0.3 is 0 Å². The Morgan fingerprint density at radius 2 is 1.71 bits per heavy atom. The lowest BCUT2D eigenvalue weighted by molar-refractivity contribution is 0.284. The van der Waals surface area contributed by atoms with Crippen molar-refractivity contribution in [2.45, 2.75) is 37.8 Å². The molecule has 17 heavy (non-hydrogen) atoms. The molecule has 4 N–H and O–H groups in total. The Morgan fingerprint density at radius 3 is 2.29 bits per heavy atom. The zero-order valence-corrected chi connectivity index (χ0v) is 9.70. The molecule has 0 saturated heterocycles. The van der Waals surface area contributed by atoms with Crippen molar-refractivity contribution in [2.24, 2.45) is 17.4 Å². The van der Waals surface area contributed by atoms with Gasteiger partial charge in [0.15, 0.2) is 11.6 Å². The highest BCUT2D eigenvalue weighted by Crippen LogP contribution is 2.32. The smallest absolute Gasteiger partial charge is 0.159 e. The average Bonchev–Trinajstić information content (AvgIpc) is 2.33. The third-order valence-corrected chi connectivity index (χ3v) is 3.65. The second kappa shape index (κ2) is 5.10. The maximum atomic E-state index is 13.1. The number of hydrogen-bond acceptors (Lipinski definition) is 2. The molecule has 0 spiro atoms. The fourth-order valence-electron chi connectivity index (χ4n) is 2.50. The molecule has 1 atom stereocenters. The van der Waals surface area contributed by atoms with E-state index in [0.717, 1.165) is 31.7 Å². The molecule has 1 aliphatic rings. The van der Waals surface area contributed by atoms with Gasteiger partial charge in [-0.05, 0) is 49.3 Å². The van der Waals surface area contributed by atoms with E-state index in [1.54, 1.807) is 6.07 Å². The normalized spacial score (nSPS) is 26.8. The summed E-state index contributed by atoms with van der Waals surface area (Å²) in [5, 5.41) is 0. The fraction of sp³-hybridized carbons (Fsp3) is 0.538. The van der Waals surface area contributed by atoms with Crippen LogP contribution in [0.5, 0.6) is 0 Å². The molecule has 0 aromatic heterocycles. The van der Waals surface area contributed by atoms with Gasteiger partial charge in [-0.2, -0.15) is 0 Å². The van der Waals surface area contributed by atoms with Crippen molar-refractivity contribution in [3.05, 3.63) is 35.4 Å². The van der Waals surface area contributed by atoms with Crippen molar-refractivity contribution in [3.63, 3.8) is 0 Å². The highest BCUT2D eigenvalue weighted by Gasteiger charge is 2.25. The quantitative estimate of drug-likeness (QED) is 0.834. The number of nitrogens with two attached hydrogens (primary N) is 2. The van der Waals surface area contributed by atoms with Crippen LogP contribution in [0.2, 0.25) is 0 Å². The predicted octanol–water partition coefficient (Wildman–Crippen LogP) is 2.48. The lowest BCUT2D eigenvalue weighted by atomic mass is 9.80. The molecule has 0 heterocycles. The van der Waals surface area contributed by atoms with Crippen molar-refractivity contribution in [1.29, 1.82) is 0 Å². The highest BCUT2D eigenvalue weighted by molar-refractivity contribution is 5.21. The van der Waals surface area contributed by atoms with Crippen LogP contribution >= 0.6 is 0 Å². The Balaban J connectivity index is 2.08. The van der Waals surface area contributed by atoms with Crippen LogP contribution < -0.4 is 11.5 Å². The van der Waals surface area contributed by atoms with E-state index < -0.39 is 11.6 Å². The summed E-state index contributed by atoms with van der Waals surface area (Å²) in [6.45, 7) is 0. The molecule has 1 unspecified atom stereocenters. The summed E-state index contributed by atoms with van der Waals surface area (Å²) in [5.41, 5.74) is 12.6. The highest BCUT2D eigenvalue weighted by atomic mass is 19.2. The summed E-state index contributed by atoms with van der Waals surface area (Å²) in [7, 11) is 0. The van der Waals surface area contributed by atoms with Gasteiger partial charge in [-0.15, -0.1) is 0 Å². The van der Waals surface area contributed by atoms with E-state index in [1.165, 1.54) is 6.07 Å². The summed E-state index contributed by atoms with van der Waals surface area (Å²) < 4.78 is 25.9. The SMILES string of the molecule is NC1CCC(C(N)c2ccc(F)c(F)c2)CC1. The summed E-state index contributed by atoms with van der Waals surface area (Å²) >= 11 is 0. The van der Waals surface area contributed by atoms with Gasteiger partial charge in [-0.1, -0.05) is 6.07 Å². The molecule has 0 amide bonds. The van der Waals surface area contributed by atoms with Gasteiger partial charge in [0, 0.05) is 12.1 Å². The molecule has 1 aromatic carbocycles. The first-order chi connectivity index (χ1) is 8.08. The monoisotopic (exact) mass is 240 g/mol. The minimum atomic E-state index is -0.828.